The molecule has 1 N–H and O–H groups in total. The van der Waals surface area contributed by atoms with E-state index in [1.807, 2.05) is 30.3 Å². The lowest BCUT2D eigenvalue weighted by atomic mass is 9.94. The Morgan fingerprint density at radius 2 is 1.55 bits per heavy atom. The molecule has 5 rings (SSSR count). The summed E-state index contributed by atoms with van der Waals surface area (Å²) >= 11 is 9.33. The highest BCUT2D eigenvalue weighted by Gasteiger charge is 2.38. The largest absolute Gasteiger partial charge is 0.417 e. The van der Waals surface area contributed by atoms with Crippen molar-refractivity contribution in [1.82, 2.24) is 10.2 Å². The maximum Gasteiger partial charge on any atom is 0.417 e. The standard InChI is InChI=1S/C38H38BrClF3N3O4S/c1-26-12-19-32(20-13-26)51(49,50)46(31-18-21-34(40)33(23-31)38(41,42)43)25-36(47)45(24-28-14-16-29(39)17-15-28)35(22-27-8-4-2-5-9-27)37(48)44-30-10-6-3-7-11-30/h2,4-5,8-9,12-21,23,30,35H,3,6-7,10-11,22,24-25H2,1H3,(H,44,48). The Hall–Kier alpha value is -3.87. The summed E-state index contributed by atoms with van der Waals surface area (Å²) in [6.45, 7) is 0.792. The molecule has 0 bridgehead atoms. The van der Waals surface area contributed by atoms with Crippen LogP contribution in [0.25, 0.3) is 0 Å². The molecule has 1 aliphatic rings. The van der Waals surface area contributed by atoms with E-state index in [1.54, 1.807) is 43.3 Å². The number of carbonyl (C=O) groups is 2. The van der Waals surface area contributed by atoms with Gasteiger partial charge in [0, 0.05) is 23.5 Å². The van der Waals surface area contributed by atoms with Gasteiger partial charge in [0.05, 0.1) is 21.2 Å². The van der Waals surface area contributed by atoms with Crippen molar-refractivity contribution in [1.29, 1.82) is 0 Å². The van der Waals surface area contributed by atoms with Gasteiger partial charge in [0.2, 0.25) is 11.8 Å². The molecule has 4 aromatic carbocycles. The summed E-state index contributed by atoms with van der Waals surface area (Å²) < 4.78 is 72.1. The van der Waals surface area contributed by atoms with Crippen LogP contribution in [0.4, 0.5) is 18.9 Å². The maximum atomic E-state index is 14.7. The first-order valence-electron chi connectivity index (χ1n) is 16.6. The molecule has 0 aliphatic heterocycles. The molecule has 0 aromatic heterocycles. The van der Waals surface area contributed by atoms with E-state index in [0.717, 1.165) is 59.8 Å². The second kappa shape index (κ2) is 16.6. The third-order valence-electron chi connectivity index (χ3n) is 8.92. The number of benzene rings is 4. The van der Waals surface area contributed by atoms with E-state index in [0.29, 0.717) is 15.9 Å². The number of alkyl halides is 3. The highest BCUT2D eigenvalue weighted by Crippen LogP contribution is 2.38. The Bertz CT molecular complexity index is 1920. The fourth-order valence-corrected chi connectivity index (χ4v) is 8.03. The first kappa shape index (κ1) is 38.4. The van der Waals surface area contributed by atoms with Crippen molar-refractivity contribution >= 4 is 55.1 Å². The monoisotopic (exact) mass is 803 g/mol. The number of carbonyl (C=O) groups excluding carboxylic acids is 2. The number of amides is 2. The summed E-state index contributed by atoms with van der Waals surface area (Å²) in [6, 6.07) is 23.6. The zero-order valence-corrected chi connectivity index (χ0v) is 31.0. The van der Waals surface area contributed by atoms with Gasteiger partial charge in [-0.05, 0) is 73.4 Å². The van der Waals surface area contributed by atoms with E-state index in [9.17, 15) is 31.2 Å². The van der Waals surface area contributed by atoms with E-state index < -0.39 is 56.9 Å². The van der Waals surface area contributed by atoms with Crippen LogP contribution in [0.3, 0.4) is 0 Å². The Balaban J connectivity index is 1.61. The number of hydrogen-bond donors (Lipinski definition) is 1. The predicted octanol–water partition coefficient (Wildman–Crippen LogP) is 8.71. The van der Waals surface area contributed by atoms with Gasteiger partial charge < -0.3 is 10.2 Å². The molecule has 51 heavy (non-hydrogen) atoms. The number of anilines is 1. The van der Waals surface area contributed by atoms with Crippen LogP contribution < -0.4 is 9.62 Å². The molecule has 1 unspecified atom stereocenters. The number of nitrogens with one attached hydrogen (secondary N) is 1. The molecule has 2 amide bonds. The summed E-state index contributed by atoms with van der Waals surface area (Å²) in [6.07, 6.45) is -0.199. The lowest BCUT2D eigenvalue weighted by Crippen LogP contribution is -2.55. The summed E-state index contributed by atoms with van der Waals surface area (Å²) in [5.41, 5.74) is 0.533. The molecule has 0 spiro atoms. The second-order valence-corrected chi connectivity index (χ2v) is 15.9. The van der Waals surface area contributed by atoms with Crippen LogP contribution in [0.1, 0.15) is 54.4 Å². The van der Waals surface area contributed by atoms with Crippen molar-refractivity contribution in [3.8, 4) is 0 Å². The summed E-state index contributed by atoms with van der Waals surface area (Å²) in [5.74, 6) is -1.17. The molecular weight excluding hydrogens is 767 g/mol. The smallest absolute Gasteiger partial charge is 0.352 e. The topological polar surface area (TPSA) is 86.8 Å². The Morgan fingerprint density at radius 3 is 2.18 bits per heavy atom. The van der Waals surface area contributed by atoms with Gasteiger partial charge in [-0.2, -0.15) is 13.2 Å². The summed E-state index contributed by atoms with van der Waals surface area (Å²) in [4.78, 5) is 30.0. The average Bonchev–Trinajstić information content (AvgIpc) is 3.10. The third kappa shape index (κ3) is 9.93. The van der Waals surface area contributed by atoms with Crippen molar-refractivity contribution in [2.24, 2.45) is 0 Å². The minimum absolute atomic E-state index is 0.0749. The first-order valence-corrected chi connectivity index (χ1v) is 19.2. The number of aryl methyl sites for hydroxylation is 1. The van der Waals surface area contributed by atoms with Gasteiger partial charge in [-0.15, -0.1) is 0 Å². The fraction of sp³-hybridized carbons (Fsp3) is 0.316. The average molecular weight is 805 g/mol. The molecule has 13 heteroatoms. The molecular formula is C38H38BrClF3N3O4S. The second-order valence-electron chi connectivity index (χ2n) is 12.7. The van der Waals surface area contributed by atoms with Crippen molar-refractivity contribution in [2.75, 3.05) is 10.8 Å². The van der Waals surface area contributed by atoms with Gasteiger partial charge in [0.25, 0.3) is 10.0 Å². The minimum Gasteiger partial charge on any atom is -0.352 e. The van der Waals surface area contributed by atoms with Crippen LogP contribution in [0, 0.1) is 6.92 Å². The van der Waals surface area contributed by atoms with Crippen LogP contribution in [0.2, 0.25) is 5.02 Å². The lowest BCUT2D eigenvalue weighted by molar-refractivity contribution is -0.140. The van der Waals surface area contributed by atoms with Crippen LogP contribution in [-0.4, -0.2) is 43.8 Å². The maximum absolute atomic E-state index is 14.7. The number of hydrogen-bond acceptors (Lipinski definition) is 4. The third-order valence-corrected chi connectivity index (χ3v) is 11.6. The number of nitrogens with zero attached hydrogens (tertiary/aromatic N) is 2. The quantitative estimate of drug-likeness (QED) is 0.155. The van der Waals surface area contributed by atoms with Crippen molar-refractivity contribution < 1.29 is 31.2 Å². The first-order chi connectivity index (χ1) is 24.2. The minimum atomic E-state index is -4.90. The number of sulfonamides is 1. The zero-order valence-electron chi connectivity index (χ0n) is 27.9. The Kier molecular flexibility index (Phi) is 12.5. The van der Waals surface area contributed by atoms with E-state index in [2.05, 4.69) is 21.2 Å². The van der Waals surface area contributed by atoms with Gasteiger partial charge in [-0.1, -0.05) is 107 Å². The molecule has 0 heterocycles. The van der Waals surface area contributed by atoms with Crippen LogP contribution in [-0.2, 0) is 38.8 Å². The molecule has 1 saturated carbocycles. The molecule has 0 saturated heterocycles. The summed E-state index contributed by atoms with van der Waals surface area (Å²) in [5, 5.41) is 2.51. The van der Waals surface area contributed by atoms with Gasteiger partial charge >= 0.3 is 6.18 Å². The van der Waals surface area contributed by atoms with E-state index in [4.69, 9.17) is 11.6 Å². The highest BCUT2D eigenvalue weighted by molar-refractivity contribution is 9.10. The zero-order chi connectivity index (χ0) is 36.8. The lowest BCUT2D eigenvalue weighted by Gasteiger charge is -2.35. The predicted molar refractivity (Wildman–Crippen MR) is 196 cm³/mol. The molecule has 270 valence electrons. The number of halogens is 5. The van der Waals surface area contributed by atoms with Crippen molar-refractivity contribution in [3.05, 3.63) is 129 Å². The molecule has 0 radical (unpaired) electrons. The van der Waals surface area contributed by atoms with E-state index >= 15 is 0 Å². The van der Waals surface area contributed by atoms with Gasteiger partial charge in [-0.3, -0.25) is 13.9 Å². The molecule has 1 atom stereocenters. The van der Waals surface area contributed by atoms with Crippen molar-refractivity contribution in [2.45, 2.75) is 75.1 Å². The van der Waals surface area contributed by atoms with Crippen molar-refractivity contribution in [3.63, 3.8) is 0 Å². The Morgan fingerprint density at radius 1 is 0.902 bits per heavy atom. The van der Waals surface area contributed by atoms with Gasteiger partial charge in [0.15, 0.2) is 0 Å². The highest BCUT2D eigenvalue weighted by atomic mass is 79.9. The van der Waals surface area contributed by atoms with Crippen LogP contribution in [0.5, 0.6) is 0 Å². The van der Waals surface area contributed by atoms with Gasteiger partial charge in [-0.25, -0.2) is 8.42 Å². The van der Waals surface area contributed by atoms with Crippen LogP contribution >= 0.6 is 27.5 Å². The number of rotatable bonds is 12. The van der Waals surface area contributed by atoms with Gasteiger partial charge in [0.1, 0.15) is 12.6 Å². The normalized spacial score (nSPS) is 14.5. The van der Waals surface area contributed by atoms with Crippen LogP contribution in [0.15, 0.2) is 106 Å². The van der Waals surface area contributed by atoms with E-state index in [-0.39, 0.29) is 23.9 Å². The van der Waals surface area contributed by atoms with E-state index in [1.165, 1.54) is 17.0 Å². The summed E-state index contributed by atoms with van der Waals surface area (Å²) in [7, 11) is -4.61. The molecule has 1 fully saturated rings. The molecule has 1 aliphatic carbocycles. The molecule has 7 nitrogen and oxygen atoms in total. The molecule has 4 aromatic rings. The Labute approximate surface area is 310 Å². The SMILES string of the molecule is Cc1ccc(S(=O)(=O)N(CC(=O)N(Cc2ccc(Br)cc2)C(Cc2ccccc2)C(=O)NC2CCCCC2)c2ccc(Cl)c(C(F)(F)F)c2)cc1. The fourth-order valence-electron chi connectivity index (χ4n) is 6.14.